The Bertz CT molecular complexity index is 1270. The number of halogens is 3. The monoisotopic (exact) mass is 499 g/mol. The second-order valence-electron chi connectivity index (χ2n) is 10.2. The van der Waals surface area contributed by atoms with Gasteiger partial charge in [0.2, 0.25) is 0 Å². The summed E-state index contributed by atoms with van der Waals surface area (Å²) in [5.41, 5.74) is 1.60. The lowest BCUT2D eigenvalue weighted by Crippen LogP contribution is -2.57. The molecule has 0 saturated heterocycles. The topological polar surface area (TPSA) is 72.7 Å². The summed E-state index contributed by atoms with van der Waals surface area (Å²) in [6.45, 7) is 0. The molecule has 1 amide bonds. The summed E-state index contributed by atoms with van der Waals surface area (Å²) in [5.74, 6) is -0.382. The van der Waals surface area contributed by atoms with Gasteiger partial charge in [-0.1, -0.05) is 18.2 Å². The van der Waals surface area contributed by atoms with E-state index in [-0.39, 0.29) is 22.8 Å². The third kappa shape index (κ3) is 4.58. The number of carbonyl (C=O) groups is 2. The Morgan fingerprint density at radius 1 is 1.06 bits per heavy atom. The smallest absolute Gasteiger partial charge is 0.416 e. The van der Waals surface area contributed by atoms with Gasteiger partial charge in [0, 0.05) is 11.7 Å². The first kappa shape index (κ1) is 24.3. The number of benzene rings is 1. The van der Waals surface area contributed by atoms with Gasteiger partial charge in [-0.15, -0.1) is 0 Å². The van der Waals surface area contributed by atoms with E-state index in [1.54, 1.807) is 16.9 Å². The standard InChI is InChI=1S/C27H28F3N3O3/c1-36-22(34)16-25-8-11-26(12-9-25,13-10-25)32-24(35)21-17-31-33-14-2-3-19(23(21)33)15-18-4-6-20(7-5-18)27(28,29)30/h2-7,14,17H,8-13,15-16H2,1H3,(H,32,35). The lowest BCUT2D eigenvalue weighted by molar-refractivity contribution is -0.146. The van der Waals surface area contributed by atoms with E-state index in [0.29, 0.717) is 29.5 Å². The van der Waals surface area contributed by atoms with Gasteiger partial charge >= 0.3 is 12.1 Å². The molecule has 2 bridgehead atoms. The Hall–Kier alpha value is -3.36. The Morgan fingerprint density at radius 2 is 1.72 bits per heavy atom. The minimum absolute atomic E-state index is 0.0290. The normalized spacial score (nSPS) is 23.6. The first-order valence-electron chi connectivity index (χ1n) is 12.1. The number of hydrogen-bond donors (Lipinski definition) is 1. The summed E-state index contributed by atoms with van der Waals surface area (Å²) in [6, 6.07) is 8.75. The number of methoxy groups -OCH3 is 1. The van der Waals surface area contributed by atoms with Gasteiger partial charge in [0.25, 0.3) is 5.91 Å². The summed E-state index contributed by atoms with van der Waals surface area (Å²) in [7, 11) is 1.41. The third-order valence-electron chi connectivity index (χ3n) is 8.07. The Balaban J connectivity index is 1.34. The molecular weight excluding hydrogens is 471 g/mol. The van der Waals surface area contributed by atoms with Crippen LogP contribution in [0.4, 0.5) is 13.2 Å². The van der Waals surface area contributed by atoms with E-state index >= 15 is 0 Å². The van der Waals surface area contributed by atoms with Gasteiger partial charge in [-0.2, -0.15) is 18.3 Å². The number of carbonyl (C=O) groups excluding carboxylic acids is 2. The second kappa shape index (κ2) is 8.94. The van der Waals surface area contributed by atoms with Gasteiger partial charge in [0.05, 0.1) is 36.4 Å². The van der Waals surface area contributed by atoms with Crippen molar-refractivity contribution in [2.24, 2.45) is 5.41 Å². The molecule has 6 nitrogen and oxygen atoms in total. The number of aromatic nitrogens is 2. The van der Waals surface area contributed by atoms with Crippen LogP contribution in [0.25, 0.3) is 5.52 Å². The molecule has 3 saturated carbocycles. The van der Waals surface area contributed by atoms with Crippen LogP contribution in [0.15, 0.2) is 48.8 Å². The Kier molecular flexibility index (Phi) is 6.04. The van der Waals surface area contributed by atoms with Gasteiger partial charge in [-0.3, -0.25) is 9.59 Å². The van der Waals surface area contributed by atoms with Crippen LogP contribution in [-0.2, 0) is 22.1 Å². The zero-order valence-electron chi connectivity index (χ0n) is 20.0. The number of hydrogen-bond acceptors (Lipinski definition) is 4. The number of esters is 1. The average molecular weight is 500 g/mol. The van der Waals surface area contributed by atoms with E-state index < -0.39 is 11.7 Å². The molecule has 0 spiro atoms. The molecule has 3 fully saturated rings. The van der Waals surface area contributed by atoms with Gasteiger partial charge in [0.1, 0.15) is 0 Å². The second-order valence-corrected chi connectivity index (χ2v) is 10.2. The van der Waals surface area contributed by atoms with Crippen LogP contribution in [0, 0.1) is 5.41 Å². The molecule has 3 aromatic rings. The van der Waals surface area contributed by atoms with Crippen molar-refractivity contribution in [3.63, 3.8) is 0 Å². The average Bonchev–Trinajstić information content (AvgIpc) is 3.30. The molecule has 3 aliphatic carbocycles. The van der Waals surface area contributed by atoms with E-state index in [0.717, 1.165) is 56.2 Å². The predicted octanol–water partition coefficient (Wildman–Crippen LogP) is 5.33. The minimum Gasteiger partial charge on any atom is -0.469 e. The molecule has 1 N–H and O–H groups in total. The predicted molar refractivity (Wildman–Crippen MR) is 126 cm³/mol. The van der Waals surface area contributed by atoms with Crippen LogP contribution < -0.4 is 5.32 Å². The van der Waals surface area contributed by atoms with E-state index in [9.17, 15) is 22.8 Å². The highest BCUT2D eigenvalue weighted by atomic mass is 19.4. The molecule has 0 unspecified atom stereocenters. The molecule has 6 rings (SSSR count). The summed E-state index contributed by atoms with van der Waals surface area (Å²) in [6.07, 6.45) is 4.77. The Labute approximate surface area is 206 Å². The van der Waals surface area contributed by atoms with Crippen LogP contribution in [0.1, 0.15) is 72.0 Å². The maximum atomic E-state index is 13.5. The quantitative estimate of drug-likeness (QED) is 0.466. The van der Waals surface area contributed by atoms with Crippen molar-refractivity contribution in [1.82, 2.24) is 14.9 Å². The highest BCUT2D eigenvalue weighted by Crippen LogP contribution is 2.54. The van der Waals surface area contributed by atoms with Crippen LogP contribution in [0.3, 0.4) is 0 Å². The van der Waals surface area contributed by atoms with Crippen molar-refractivity contribution in [3.8, 4) is 0 Å². The van der Waals surface area contributed by atoms with Crippen molar-refractivity contribution in [3.05, 3.63) is 71.0 Å². The van der Waals surface area contributed by atoms with E-state index in [2.05, 4.69) is 10.4 Å². The number of ether oxygens (including phenoxy) is 1. The molecule has 0 atom stereocenters. The number of nitrogens with zero attached hydrogens (tertiary/aromatic N) is 2. The highest BCUT2D eigenvalue weighted by molar-refractivity contribution is 6.01. The van der Waals surface area contributed by atoms with Gasteiger partial charge in [-0.05, 0) is 79.7 Å². The van der Waals surface area contributed by atoms with Gasteiger partial charge < -0.3 is 10.1 Å². The third-order valence-corrected chi connectivity index (χ3v) is 8.07. The molecule has 2 heterocycles. The number of pyridine rings is 1. The van der Waals surface area contributed by atoms with Crippen molar-refractivity contribution in [2.45, 2.75) is 63.1 Å². The number of amides is 1. The summed E-state index contributed by atoms with van der Waals surface area (Å²) in [5, 5.41) is 7.63. The largest absolute Gasteiger partial charge is 0.469 e. The molecule has 2 aromatic heterocycles. The van der Waals surface area contributed by atoms with Crippen molar-refractivity contribution in [2.75, 3.05) is 7.11 Å². The maximum absolute atomic E-state index is 13.5. The molecule has 190 valence electrons. The van der Waals surface area contributed by atoms with Gasteiger partial charge in [0.15, 0.2) is 0 Å². The van der Waals surface area contributed by atoms with Crippen LogP contribution in [0.5, 0.6) is 0 Å². The molecule has 0 aliphatic heterocycles. The lowest BCUT2D eigenvalue weighted by Gasteiger charge is -2.53. The number of alkyl halides is 3. The minimum atomic E-state index is -4.38. The maximum Gasteiger partial charge on any atom is 0.416 e. The SMILES string of the molecule is COC(=O)CC12CCC(NC(=O)c3cnn4cccc(Cc5ccc(C(F)(F)F)cc5)c34)(CC1)CC2. The Morgan fingerprint density at radius 3 is 2.33 bits per heavy atom. The summed E-state index contributed by atoms with van der Waals surface area (Å²) in [4.78, 5) is 25.3. The molecular formula is C27H28F3N3O3. The molecule has 1 aromatic carbocycles. The fourth-order valence-corrected chi connectivity index (χ4v) is 5.86. The number of nitrogens with one attached hydrogen (secondary N) is 1. The first-order chi connectivity index (χ1) is 17.1. The molecule has 36 heavy (non-hydrogen) atoms. The van der Waals surface area contributed by atoms with Crippen LogP contribution >= 0.6 is 0 Å². The summed E-state index contributed by atoms with van der Waals surface area (Å²) < 4.78 is 45.3. The zero-order valence-corrected chi connectivity index (χ0v) is 20.0. The number of fused-ring (bicyclic) bond motifs is 4. The van der Waals surface area contributed by atoms with E-state index in [1.165, 1.54) is 19.2 Å². The fraction of sp³-hybridized carbons (Fsp3) is 0.444. The molecule has 0 radical (unpaired) electrons. The van der Waals surface area contributed by atoms with E-state index in [1.807, 2.05) is 12.1 Å². The summed E-state index contributed by atoms with van der Waals surface area (Å²) >= 11 is 0. The van der Waals surface area contributed by atoms with Crippen molar-refractivity contribution >= 4 is 17.4 Å². The van der Waals surface area contributed by atoms with Crippen molar-refractivity contribution < 1.29 is 27.5 Å². The van der Waals surface area contributed by atoms with Crippen LogP contribution in [-0.4, -0.2) is 34.1 Å². The number of rotatable bonds is 6. The van der Waals surface area contributed by atoms with Crippen LogP contribution in [0.2, 0.25) is 0 Å². The van der Waals surface area contributed by atoms with Crippen molar-refractivity contribution in [1.29, 1.82) is 0 Å². The zero-order chi connectivity index (χ0) is 25.6. The lowest BCUT2D eigenvalue weighted by atomic mass is 9.56. The first-order valence-corrected chi connectivity index (χ1v) is 12.1. The molecule has 3 aliphatic rings. The molecule has 9 heteroatoms. The fourth-order valence-electron chi connectivity index (χ4n) is 5.86. The van der Waals surface area contributed by atoms with Gasteiger partial charge in [-0.25, -0.2) is 4.52 Å². The highest BCUT2D eigenvalue weighted by Gasteiger charge is 2.50. The van der Waals surface area contributed by atoms with E-state index in [4.69, 9.17) is 4.74 Å².